The van der Waals surface area contributed by atoms with Gasteiger partial charge in [-0.25, -0.2) is 9.48 Å². The molecule has 1 amide bonds. The number of aromatic nitrogens is 4. The number of anilines is 1. The predicted octanol–water partition coefficient (Wildman–Crippen LogP) is 3.34. The Morgan fingerprint density at radius 3 is 2.70 bits per heavy atom. The van der Waals surface area contributed by atoms with E-state index in [1.807, 2.05) is 30.3 Å². The predicted molar refractivity (Wildman–Crippen MR) is 114 cm³/mol. The maximum atomic E-state index is 12.7. The van der Waals surface area contributed by atoms with Crippen molar-refractivity contribution in [2.45, 2.75) is 16.5 Å². The van der Waals surface area contributed by atoms with Gasteiger partial charge in [-0.05, 0) is 42.5 Å². The Balaban J connectivity index is 1.55. The summed E-state index contributed by atoms with van der Waals surface area (Å²) in [6.07, 6.45) is 0. The molecule has 0 atom stereocenters. The highest BCUT2D eigenvalue weighted by atomic mass is 35.5. The Bertz CT molecular complexity index is 1270. The molecule has 2 aromatic heterocycles. The van der Waals surface area contributed by atoms with Crippen molar-refractivity contribution < 1.29 is 9.53 Å². The van der Waals surface area contributed by atoms with Gasteiger partial charge in [-0.1, -0.05) is 41.6 Å². The second-order valence-corrected chi connectivity index (χ2v) is 7.72. The van der Waals surface area contributed by atoms with Gasteiger partial charge in [0.1, 0.15) is 17.3 Å². The summed E-state index contributed by atoms with van der Waals surface area (Å²) < 4.78 is 7.45. The quantitative estimate of drug-likeness (QED) is 0.493. The fourth-order valence-electron chi connectivity index (χ4n) is 2.76. The largest absolute Gasteiger partial charge is 0.495 e. The number of fused-ring (bicyclic) bond motifs is 1. The molecule has 4 aromatic rings. The van der Waals surface area contributed by atoms with Crippen molar-refractivity contribution >= 4 is 40.6 Å². The van der Waals surface area contributed by atoms with Crippen LogP contribution in [-0.2, 0) is 11.3 Å². The molecule has 0 unspecified atom stereocenters. The number of halogens is 1. The van der Waals surface area contributed by atoms with Crippen LogP contribution in [-0.4, -0.2) is 32.4 Å². The zero-order valence-electron chi connectivity index (χ0n) is 15.8. The van der Waals surface area contributed by atoms with Crippen LogP contribution < -0.4 is 15.7 Å². The van der Waals surface area contributed by atoms with Gasteiger partial charge in [0.25, 0.3) is 0 Å². The summed E-state index contributed by atoms with van der Waals surface area (Å²) in [6, 6.07) is 18.0. The highest BCUT2D eigenvalue weighted by molar-refractivity contribution is 7.99. The minimum Gasteiger partial charge on any atom is -0.495 e. The summed E-state index contributed by atoms with van der Waals surface area (Å²) in [5.41, 5.74) is 0.255. The average Bonchev–Trinajstić information content (AvgIpc) is 3.04. The minimum atomic E-state index is -0.506. The summed E-state index contributed by atoms with van der Waals surface area (Å²) >= 11 is 7.41. The molecule has 0 bridgehead atoms. The zero-order chi connectivity index (χ0) is 21.1. The van der Waals surface area contributed by atoms with Crippen molar-refractivity contribution in [1.29, 1.82) is 0 Å². The summed E-state index contributed by atoms with van der Waals surface area (Å²) in [7, 11) is 1.49. The van der Waals surface area contributed by atoms with Crippen molar-refractivity contribution in [1.82, 2.24) is 19.4 Å². The molecule has 2 aromatic carbocycles. The summed E-state index contributed by atoms with van der Waals surface area (Å²) in [5.74, 6) is 0.0132. The molecule has 30 heavy (non-hydrogen) atoms. The maximum Gasteiger partial charge on any atom is 0.367 e. The van der Waals surface area contributed by atoms with Crippen LogP contribution in [0.2, 0.25) is 5.02 Å². The van der Waals surface area contributed by atoms with Crippen molar-refractivity contribution in [3.63, 3.8) is 0 Å². The van der Waals surface area contributed by atoms with Crippen LogP contribution in [0.4, 0.5) is 5.69 Å². The lowest BCUT2D eigenvalue weighted by atomic mass is 10.3. The second kappa shape index (κ2) is 8.60. The van der Waals surface area contributed by atoms with Gasteiger partial charge in [0.05, 0.1) is 12.8 Å². The molecule has 0 saturated carbocycles. The van der Waals surface area contributed by atoms with Crippen LogP contribution in [0.3, 0.4) is 0 Å². The Labute approximate surface area is 180 Å². The van der Waals surface area contributed by atoms with E-state index in [-0.39, 0.29) is 6.54 Å². The standard InChI is InChI=1S/C20H16ClN5O3S/c1-29-16-8-7-13(21)11-15(16)22-18(27)12-25-20(28)26-17(23-25)9-10-19(24-26)30-14-5-3-2-4-6-14/h2-11H,12H2,1H3,(H,22,27). The molecule has 0 saturated heterocycles. The molecule has 152 valence electrons. The van der Waals surface area contributed by atoms with Crippen LogP contribution >= 0.6 is 23.4 Å². The normalized spacial score (nSPS) is 10.9. The molecule has 10 heteroatoms. The van der Waals surface area contributed by atoms with Crippen LogP contribution in [0.25, 0.3) is 5.65 Å². The molecular weight excluding hydrogens is 426 g/mol. The number of amides is 1. The molecule has 4 rings (SSSR count). The Morgan fingerprint density at radius 1 is 1.13 bits per heavy atom. The van der Waals surface area contributed by atoms with Crippen LogP contribution in [0.5, 0.6) is 5.75 Å². The first-order chi connectivity index (χ1) is 14.5. The smallest absolute Gasteiger partial charge is 0.367 e. The van der Waals surface area contributed by atoms with Crippen molar-refractivity contribution in [2.75, 3.05) is 12.4 Å². The van der Waals surface area contributed by atoms with Crippen LogP contribution in [0, 0.1) is 0 Å². The number of hydrogen-bond donors (Lipinski definition) is 1. The van der Waals surface area contributed by atoms with E-state index in [9.17, 15) is 9.59 Å². The monoisotopic (exact) mass is 441 g/mol. The van der Waals surface area contributed by atoms with E-state index < -0.39 is 11.6 Å². The molecule has 8 nitrogen and oxygen atoms in total. The lowest BCUT2D eigenvalue weighted by Crippen LogP contribution is -2.29. The lowest BCUT2D eigenvalue weighted by Gasteiger charge is -2.10. The van der Waals surface area contributed by atoms with Crippen molar-refractivity contribution in [2.24, 2.45) is 0 Å². The zero-order valence-corrected chi connectivity index (χ0v) is 17.4. The van der Waals surface area contributed by atoms with Crippen LogP contribution in [0.1, 0.15) is 0 Å². The fraction of sp³-hybridized carbons (Fsp3) is 0.100. The summed E-state index contributed by atoms with van der Waals surface area (Å²) in [4.78, 5) is 26.1. The van der Waals surface area contributed by atoms with Gasteiger partial charge >= 0.3 is 5.69 Å². The number of rotatable bonds is 6. The molecule has 0 fully saturated rings. The van der Waals surface area contributed by atoms with Gasteiger partial charge < -0.3 is 10.1 Å². The number of carbonyl (C=O) groups excluding carboxylic acids is 1. The Morgan fingerprint density at radius 2 is 1.93 bits per heavy atom. The summed E-state index contributed by atoms with van der Waals surface area (Å²) in [5, 5.41) is 12.3. The molecule has 0 aliphatic rings. The van der Waals surface area contributed by atoms with E-state index in [1.165, 1.54) is 23.4 Å². The number of benzene rings is 2. The van der Waals surface area contributed by atoms with Gasteiger partial charge in [0.2, 0.25) is 5.91 Å². The molecular formula is C20H16ClN5O3S. The van der Waals surface area contributed by atoms with Gasteiger partial charge in [-0.3, -0.25) is 4.79 Å². The first kappa shape index (κ1) is 20.0. The van der Waals surface area contributed by atoms with Crippen molar-refractivity contribution in [3.05, 3.63) is 76.2 Å². The average molecular weight is 442 g/mol. The second-order valence-electron chi connectivity index (χ2n) is 6.19. The van der Waals surface area contributed by atoms with Gasteiger partial charge in [0, 0.05) is 9.92 Å². The number of nitrogens with one attached hydrogen (secondary N) is 1. The van der Waals surface area contributed by atoms with Crippen molar-refractivity contribution in [3.8, 4) is 5.75 Å². The van der Waals surface area contributed by atoms with Crippen LogP contribution in [0.15, 0.2) is 75.4 Å². The fourth-order valence-corrected chi connectivity index (χ4v) is 3.73. The maximum absolute atomic E-state index is 12.7. The molecule has 0 aliphatic carbocycles. The third-order valence-electron chi connectivity index (χ3n) is 4.11. The third-order valence-corrected chi connectivity index (χ3v) is 5.28. The lowest BCUT2D eigenvalue weighted by molar-refractivity contribution is -0.117. The summed E-state index contributed by atoms with van der Waals surface area (Å²) in [6.45, 7) is -0.279. The highest BCUT2D eigenvalue weighted by Crippen LogP contribution is 2.27. The Hall–Kier alpha value is -3.30. The number of nitrogens with zero attached hydrogens (tertiary/aromatic N) is 4. The first-order valence-electron chi connectivity index (χ1n) is 8.87. The first-order valence-corrected chi connectivity index (χ1v) is 10.1. The van der Waals surface area contributed by atoms with E-state index in [0.29, 0.717) is 27.1 Å². The van der Waals surface area contributed by atoms with Gasteiger partial charge in [0.15, 0.2) is 5.65 Å². The van der Waals surface area contributed by atoms with E-state index >= 15 is 0 Å². The number of ether oxygens (including phenoxy) is 1. The number of methoxy groups -OCH3 is 1. The molecule has 2 heterocycles. The van der Waals surface area contributed by atoms with E-state index in [1.54, 1.807) is 30.3 Å². The highest BCUT2D eigenvalue weighted by Gasteiger charge is 2.14. The molecule has 0 spiro atoms. The topological polar surface area (TPSA) is 90.5 Å². The van der Waals surface area contributed by atoms with Gasteiger partial charge in [-0.2, -0.15) is 9.61 Å². The number of hydrogen-bond acceptors (Lipinski definition) is 6. The Kier molecular flexibility index (Phi) is 5.73. The van der Waals surface area contributed by atoms with E-state index in [4.69, 9.17) is 16.3 Å². The SMILES string of the molecule is COc1ccc(Cl)cc1NC(=O)Cn1nc2ccc(Sc3ccccc3)nn2c1=O. The third kappa shape index (κ3) is 4.32. The minimum absolute atomic E-state index is 0.279. The molecule has 0 aliphatic heterocycles. The van der Waals surface area contributed by atoms with E-state index in [0.717, 1.165) is 9.58 Å². The number of carbonyl (C=O) groups is 1. The van der Waals surface area contributed by atoms with E-state index in [2.05, 4.69) is 15.5 Å². The molecule has 1 N–H and O–H groups in total. The molecule has 0 radical (unpaired) electrons. The van der Waals surface area contributed by atoms with Gasteiger partial charge in [-0.15, -0.1) is 5.10 Å².